The zero-order chi connectivity index (χ0) is 14.9. The van der Waals surface area contributed by atoms with Gasteiger partial charge in [-0.25, -0.2) is 0 Å². The highest BCUT2D eigenvalue weighted by atomic mass is 79.9. The Morgan fingerprint density at radius 1 is 1.10 bits per heavy atom. The van der Waals surface area contributed by atoms with Crippen molar-refractivity contribution >= 4 is 15.9 Å². The monoisotopic (exact) mass is 349 g/mol. The van der Waals surface area contributed by atoms with Crippen LogP contribution in [0.25, 0.3) is 0 Å². The maximum atomic E-state index is 3.64. The van der Waals surface area contributed by atoms with Gasteiger partial charge in [0.15, 0.2) is 0 Å². The summed E-state index contributed by atoms with van der Waals surface area (Å²) in [6.45, 7) is 7.17. The third-order valence-corrected chi connectivity index (χ3v) is 6.66. The van der Waals surface area contributed by atoms with Crippen LogP contribution in [0.15, 0.2) is 28.7 Å². The molecule has 3 rings (SSSR count). The standard InChI is InChI=1S/C19H28BrN/c1-14(2)15-7-9-19(10-8-15)11-12-21-13-18(19)16-3-5-17(20)6-4-16/h3-6,14-15,18,21H,7-13H2,1-2H3. The molecule has 1 saturated carbocycles. The van der Waals surface area contributed by atoms with E-state index in [0.717, 1.165) is 18.4 Å². The summed E-state index contributed by atoms with van der Waals surface area (Å²) < 4.78 is 1.19. The Hall–Kier alpha value is -0.340. The summed E-state index contributed by atoms with van der Waals surface area (Å²) in [7, 11) is 0. The molecule has 2 fully saturated rings. The fourth-order valence-electron chi connectivity index (χ4n) is 4.62. The van der Waals surface area contributed by atoms with Crippen molar-refractivity contribution in [2.24, 2.45) is 17.3 Å². The van der Waals surface area contributed by atoms with E-state index in [4.69, 9.17) is 0 Å². The van der Waals surface area contributed by atoms with Crippen LogP contribution in [0.4, 0.5) is 0 Å². The summed E-state index contributed by atoms with van der Waals surface area (Å²) >= 11 is 3.57. The van der Waals surface area contributed by atoms with Gasteiger partial charge in [0.25, 0.3) is 0 Å². The van der Waals surface area contributed by atoms with Crippen molar-refractivity contribution in [3.8, 4) is 0 Å². The van der Waals surface area contributed by atoms with Gasteiger partial charge in [-0.15, -0.1) is 0 Å². The third-order valence-electron chi connectivity index (χ3n) is 6.13. The van der Waals surface area contributed by atoms with E-state index in [1.165, 1.54) is 48.7 Å². The van der Waals surface area contributed by atoms with Gasteiger partial charge in [-0.1, -0.05) is 41.9 Å². The first-order valence-electron chi connectivity index (χ1n) is 8.57. The number of nitrogens with one attached hydrogen (secondary N) is 1. The van der Waals surface area contributed by atoms with Gasteiger partial charge in [0.05, 0.1) is 0 Å². The van der Waals surface area contributed by atoms with Crippen molar-refractivity contribution in [1.82, 2.24) is 5.32 Å². The van der Waals surface area contributed by atoms with Gasteiger partial charge >= 0.3 is 0 Å². The summed E-state index contributed by atoms with van der Waals surface area (Å²) in [5, 5.41) is 3.64. The molecule has 1 unspecified atom stereocenters. The molecule has 0 aromatic heterocycles. The minimum absolute atomic E-state index is 0.560. The Morgan fingerprint density at radius 2 is 1.76 bits per heavy atom. The van der Waals surface area contributed by atoms with Crippen molar-refractivity contribution < 1.29 is 0 Å². The molecule has 2 heteroatoms. The van der Waals surface area contributed by atoms with Crippen molar-refractivity contribution in [3.05, 3.63) is 34.3 Å². The number of hydrogen-bond acceptors (Lipinski definition) is 1. The van der Waals surface area contributed by atoms with Crippen LogP contribution in [0.5, 0.6) is 0 Å². The molecule has 1 nitrogen and oxygen atoms in total. The second-order valence-corrected chi connectivity index (χ2v) is 8.42. The number of piperidine rings is 1. The minimum Gasteiger partial charge on any atom is -0.316 e. The number of rotatable bonds is 2. The SMILES string of the molecule is CC(C)C1CCC2(CCNCC2c2ccc(Br)cc2)CC1. The molecule has 0 radical (unpaired) electrons. The Morgan fingerprint density at radius 3 is 2.38 bits per heavy atom. The topological polar surface area (TPSA) is 12.0 Å². The smallest absolute Gasteiger partial charge is 0.0175 e. The van der Waals surface area contributed by atoms with Crippen LogP contribution in [0.1, 0.15) is 57.4 Å². The highest BCUT2D eigenvalue weighted by molar-refractivity contribution is 9.10. The van der Waals surface area contributed by atoms with Gasteiger partial charge in [-0.3, -0.25) is 0 Å². The predicted octanol–water partition coefficient (Wildman–Crippen LogP) is 5.36. The maximum absolute atomic E-state index is 3.64. The molecule has 1 aromatic carbocycles. The molecule has 21 heavy (non-hydrogen) atoms. The van der Waals surface area contributed by atoms with E-state index in [9.17, 15) is 0 Å². The first-order chi connectivity index (χ1) is 10.1. The van der Waals surface area contributed by atoms with Gasteiger partial charge in [-0.2, -0.15) is 0 Å². The third kappa shape index (κ3) is 3.22. The molecule has 1 saturated heterocycles. The second kappa shape index (κ2) is 6.42. The van der Waals surface area contributed by atoms with Crippen molar-refractivity contribution in [1.29, 1.82) is 0 Å². The molecule has 1 N–H and O–H groups in total. The van der Waals surface area contributed by atoms with Crippen molar-refractivity contribution in [3.63, 3.8) is 0 Å². The van der Waals surface area contributed by atoms with Crippen molar-refractivity contribution in [2.75, 3.05) is 13.1 Å². The molecule has 116 valence electrons. The summed E-state index contributed by atoms with van der Waals surface area (Å²) in [6.07, 6.45) is 7.09. The zero-order valence-electron chi connectivity index (χ0n) is 13.4. The fraction of sp³-hybridized carbons (Fsp3) is 0.684. The number of halogens is 1. The van der Waals surface area contributed by atoms with E-state index >= 15 is 0 Å². The molecule has 0 bridgehead atoms. The molecule has 0 amide bonds. The van der Waals surface area contributed by atoms with Gasteiger partial charge in [0.1, 0.15) is 0 Å². The average molecular weight is 350 g/mol. The molecule has 1 spiro atoms. The van der Waals surface area contributed by atoms with Gasteiger partial charge in [0.2, 0.25) is 0 Å². The van der Waals surface area contributed by atoms with Crippen LogP contribution in [0.3, 0.4) is 0 Å². The molecule has 1 aliphatic heterocycles. The van der Waals surface area contributed by atoms with E-state index in [1.54, 1.807) is 0 Å². The summed E-state index contributed by atoms with van der Waals surface area (Å²) in [6, 6.07) is 9.07. The van der Waals surface area contributed by atoms with Crippen LogP contribution in [0.2, 0.25) is 0 Å². The summed E-state index contributed by atoms with van der Waals surface area (Å²) in [5.41, 5.74) is 2.10. The van der Waals surface area contributed by atoms with E-state index in [0.29, 0.717) is 11.3 Å². The first kappa shape index (κ1) is 15.6. The lowest BCUT2D eigenvalue weighted by molar-refractivity contribution is 0.0670. The fourth-order valence-corrected chi connectivity index (χ4v) is 4.89. The summed E-state index contributed by atoms with van der Waals surface area (Å²) in [5.74, 6) is 2.51. The predicted molar refractivity (Wildman–Crippen MR) is 93.6 cm³/mol. The largest absolute Gasteiger partial charge is 0.316 e. The number of benzene rings is 1. The van der Waals surface area contributed by atoms with Crippen LogP contribution < -0.4 is 5.32 Å². The van der Waals surface area contributed by atoms with Crippen LogP contribution in [-0.2, 0) is 0 Å². The van der Waals surface area contributed by atoms with Gasteiger partial charge in [-0.05, 0) is 73.6 Å². The van der Waals surface area contributed by atoms with Gasteiger partial charge in [0, 0.05) is 16.9 Å². The summed E-state index contributed by atoms with van der Waals surface area (Å²) in [4.78, 5) is 0. The normalized spacial score (nSPS) is 33.5. The van der Waals surface area contributed by atoms with E-state index < -0.39 is 0 Å². The van der Waals surface area contributed by atoms with E-state index in [-0.39, 0.29) is 0 Å². The molecule has 1 aromatic rings. The molecular weight excluding hydrogens is 322 g/mol. The lowest BCUT2D eigenvalue weighted by atomic mass is 9.58. The Kier molecular flexibility index (Phi) is 4.75. The quantitative estimate of drug-likeness (QED) is 0.757. The second-order valence-electron chi connectivity index (χ2n) is 7.50. The van der Waals surface area contributed by atoms with Crippen LogP contribution in [-0.4, -0.2) is 13.1 Å². The van der Waals surface area contributed by atoms with Crippen molar-refractivity contribution in [2.45, 2.75) is 51.9 Å². The van der Waals surface area contributed by atoms with Gasteiger partial charge < -0.3 is 5.32 Å². The molecule has 1 aliphatic carbocycles. The highest BCUT2D eigenvalue weighted by Crippen LogP contribution is 2.53. The zero-order valence-corrected chi connectivity index (χ0v) is 15.0. The van der Waals surface area contributed by atoms with Crippen LogP contribution >= 0.6 is 15.9 Å². The molecule has 2 aliphatic rings. The van der Waals surface area contributed by atoms with E-state index in [2.05, 4.69) is 59.4 Å². The minimum atomic E-state index is 0.560. The Bertz CT molecular complexity index is 457. The van der Waals surface area contributed by atoms with E-state index in [1.807, 2.05) is 0 Å². The van der Waals surface area contributed by atoms with Crippen LogP contribution in [0, 0.1) is 17.3 Å². The molecule has 1 atom stereocenters. The maximum Gasteiger partial charge on any atom is 0.0175 e. The Balaban J connectivity index is 1.80. The highest BCUT2D eigenvalue weighted by Gasteiger charge is 2.43. The number of hydrogen-bond donors (Lipinski definition) is 1. The lowest BCUT2D eigenvalue weighted by Crippen LogP contribution is -2.45. The Labute approximate surface area is 138 Å². The molecule has 1 heterocycles. The lowest BCUT2D eigenvalue weighted by Gasteiger charge is -2.49. The average Bonchev–Trinajstić information content (AvgIpc) is 2.49. The first-order valence-corrected chi connectivity index (χ1v) is 9.36. The molecular formula is C19H28BrN.